The van der Waals surface area contributed by atoms with Gasteiger partial charge in [-0.1, -0.05) is 83.9 Å². The van der Waals surface area contributed by atoms with Gasteiger partial charge in [-0.05, 0) is 67.4 Å². The Morgan fingerprint density at radius 2 is 1.49 bits per heavy atom. The van der Waals surface area contributed by atoms with Gasteiger partial charge in [0, 0.05) is 24.0 Å². The van der Waals surface area contributed by atoms with Gasteiger partial charge in [0.1, 0.15) is 18.3 Å². The number of methoxy groups -OCH3 is 1. The van der Waals surface area contributed by atoms with Gasteiger partial charge in [0.15, 0.2) is 0 Å². The Kier molecular flexibility index (Phi) is 11.5. The van der Waals surface area contributed by atoms with Crippen LogP contribution in [0.2, 0.25) is 10.0 Å². The van der Waals surface area contributed by atoms with E-state index in [1.54, 1.807) is 43.5 Å². The Hall–Kier alpha value is -4.05. The van der Waals surface area contributed by atoms with E-state index in [4.69, 9.17) is 27.9 Å². The maximum Gasteiger partial charge on any atom is 0.264 e. The largest absolute Gasteiger partial charge is 0.497 e. The third-order valence-electron chi connectivity index (χ3n) is 6.98. The monoisotopic (exact) mass is 667 g/mol. The highest BCUT2D eigenvalue weighted by Crippen LogP contribution is 2.33. The third-order valence-corrected chi connectivity index (χ3v) is 9.29. The number of benzene rings is 4. The summed E-state index contributed by atoms with van der Waals surface area (Å²) in [5.74, 6) is -0.400. The zero-order valence-corrected chi connectivity index (χ0v) is 27.5. The first-order valence-electron chi connectivity index (χ1n) is 14.3. The number of carbonyl (C=O) groups excluding carboxylic acids is 2. The van der Waals surface area contributed by atoms with Crippen LogP contribution in [-0.2, 0) is 32.6 Å². The van der Waals surface area contributed by atoms with Crippen LogP contribution in [0.1, 0.15) is 25.0 Å². The number of carbonyl (C=O) groups is 2. The minimum absolute atomic E-state index is 0.00657. The molecular formula is C34H35Cl2N3O5S. The van der Waals surface area contributed by atoms with E-state index in [1.807, 2.05) is 50.2 Å². The lowest BCUT2D eigenvalue weighted by Gasteiger charge is -2.34. The first-order valence-corrected chi connectivity index (χ1v) is 16.5. The quantitative estimate of drug-likeness (QED) is 0.179. The molecule has 0 unspecified atom stereocenters. The molecule has 1 N–H and O–H groups in total. The molecule has 0 fully saturated rings. The predicted molar refractivity (Wildman–Crippen MR) is 178 cm³/mol. The SMILES string of the molecule is COc1cccc(CN(C(=O)CN(c2ccc(Cl)cc2Cl)S(=O)(=O)c2ccccc2)[C@H](Cc2ccccc2)C(=O)NC(C)C)c1. The minimum atomic E-state index is -4.29. The van der Waals surface area contributed by atoms with E-state index in [0.29, 0.717) is 16.3 Å². The summed E-state index contributed by atoms with van der Waals surface area (Å²) in [4.78, 5) is 29.7. The first kappa shape index (κ1) is 33.8. The molecule has 0 aliphatic rings. The summed E-state index contributed by atoms with van der Waals surface area (Å²) < 4.78 is 34.5. The van der Waals surface area contributed by atoms with Crippen molar-refractivity contribution < 1.29 is 22.7 Å². The number of hydrogen-bond acceptors (Lipinski definition) is 5. The van der Waals surface area contributed by atoms with E-state index in [1.165, 1.54) is 35.2 Å². The zero-order valence-electron chi connectivity index (χ0n) is 25.2. The molecule has 8 nitrogen and oxygen atoms in total. The molecule has 236 valence electrons. The second-order valence-electron chi connectivity index (χ2n) is 10.7. The molecule has 11 heteroatoms. The van der Waals surface area contributed by atoms with E-state index >= 15 is 0 Å². The molecule has 1 atom stereocenters. The molecule has 0 aliphatic heterocycles. The number of nitrogens with zero attached hydrogens (tertiary/aromatic N) is 2. The molecule has 0 bridgehead atoms. The molecule has 45 heavy (non-hydrogen) atoms. The molecule has 0 saturated heterocycles. The lowest BCUT2D eigenvalue weighted by atomic mass is 10.0. The predicted octanol–water partition coefficient (Wildman–Crippen LogP) is 6.36. The fourth-order valence-electron chi connectivity index (χ4n) is 4.82. The van der Waals surface area contributed by atoms with Crippen LogP contribution >= 0.6 is 23.2 Å². The van der Waals surface area contributed by atoms with Crippen LogP contribution in [0.4, 0.5) is 5.69 Å². The molecule has 4 rings (SSSR count). The summed E-state index contributed by atoms with van der Waals surface area (Å²) in [6.07, 6.45) is 0.197. The minimum Gasteiger partial charge on any atom is -0.497 e. The molecule has 0 aliphatic carbocycles. The van der Waals surface area contributed by atoms with Crippen molar-refractivity contribution in [2.24, 2.45) is 0 Å². The number of ether oxygens (including phenoxy) is 1. The molecule has 4 aromatic carbocycles. The Balaban J connectivity index is 1.83. The molecule has 0 spiro atoms. The topological polar surface area (TPSA) is 96.0 Å². The number of sulfonamides is 1. The number of rotatable bonds is 13. The summed E-state index contributed by atoms with van der Waals surface area (Å²) in [7, 11) is -2.75. The molecule has 0 radical (unpaired) electrons. The third kappa shape index (κ3) is 8.78. The summed E-state index contributed by atoms with van der Waals surface area (Å²) in [6, 6.07) is 27.5. The second kappa shape index (κ2) is 15.3. The van der Waals surface area contributed by atoms with Gasteiger partial charge in [0.05, 0.1) is 22.7 Å². The van der Waals surface area contributed by atoms with E-state index in [2.05, 4.69) is 5.32 Å². The van der Waals surface area contributed by atoms with Gasteiger partial charge in [-0.3, -0.25) is 13.9 Å². The van der Waals surface area contributed by atoms with E-state index in [-0.39, 0.29) is 40.5 Å². The van der Waals surface area contributed by atoms with Crippen molar-refractivity contribution in [3.8, 4) is 5.75 Å². The van der Waals surface area contributed by atoms with Crippen LogP contribution in [0.5, 0.6) is 5.75 Å². The van der Waals surface area contributed by atoms with Crippen molar-refractivity contribution in [3.63, 3.8) is 0 Å². The number of hydrogen-bond donors (Lipinski definition) is 1. The highest BCUT2D eigenvalue weighted by molar-refractivity contribution is 7.92. The van der Waals surface area contributed by atoms with Crippen molar-refractivity contribution in [1.29, 1.82) is 0 Å². The molecule has 2 amide bonds. The van der Waals surface area contributed by atoms with Crippen LogP contribution in [0, 0.1) is 0 Å². The van der Waals surface area contributed by atoms with Gasteiger partial charge in [0.2, 0.25) is 11.8 Å². The van der Waals surface area contributed by atoms with Crippen LogP contribution in [0.3, 0.4) is 0 Å². The van der Waals surface area contributed by atoms with Crippen LogP contribution in [0.15, 0.2) is 108 Å². The highest BCUT2D eigenvalue weighted by Gasteiger charge is 2.35. The molecule has 0 aromatic heterocycles. The number of nitrogens with one attached hydrogen (secondary N) is 1. The standard InChI is InChI=1S/C34H35Cl2N3O5S/c1-24(2)37-34(41)32(20-25-11-6-4-7-12-25)38(22-26-13-10-14-28(19-26)44-3)33(40)23-39(31-18-17-27(35)21-30(31)36)45(42,43)29-15-8-5-9-16-29/h4-19,21,24,32H,20,22-23H2,1-3H3,(H,37,41)/t32-/m1/s1. The van der Waals surface area contributed by atoms with Crippen LogP contribution in [-0.4, -0.2) is 50.9 Å². The fourth-order valence-corrected chi connectivity index (χ4v) is 6.83. The summed E-state index contributed by atoms with van der Waals surface area (Å²) in [5, 5.41) is 3.29. The average molecular weight is 669 g/mol. The summed E-state index contributed by atoms with van der Waals surface area (Å²) in [5.41, 5.74) is 1.60. The summed E-state index contributed by atoms with van der Waals surface area (Å²) in [6.45, 7) is 3.04. The van der Waals surface area contributed by atoms with Gasteiger partial charge in [-0.15, -0.1) is 0 Å². The fraction of sp³-hybridized carbons (Fsp3) is 0.235. The molecular weight excluding hydrogens is 633 g/mol. The molecule has 0 heterocycles. The maximum absolute atomic E-state index is 14.5. The van der Waals surface area contributed by atoms with Gasteiger partial charge in [-0.25, -0.2) is 8.42 Å². The van der Waals surface area contributed by atoms with Gasteiger partial charge in [-0.2, -0.15) is 0 Å². The highest BCUT2D eigenvalue weighted by atomic mass is 35.5. The Labute approximate surface area is 274 Å². The number of anilines is 1. The second-order valence-corrected chi connectivity index (χ2v) is 13.4. The van der Waals surface area contributed by atoms with Gasteiger partial charge in [0.25, 0.3) is 10.0 Å². The van der Waals surface area contributed by atoms with Crippen molar-refractivity contribution in [2.45, 2.75) is 43.8 Å². The summed E-state index contributed by atoms with van der Waals surface area (Å²) >= 11 is 12.7. The Morgan fingerprint density at radius 1 is 0.844 bits per heavy atom. The first-order chi connectivity index (χ1) is 21.5. The van der Waals surface area contributed by atoms with E-state index in [0.717, 1.165) is 9.87 Å². The van der Waals surface area contributed by atoms with Crippen molar-refractivity contribution in [1.82, 2.24) is 10.2 Å². The maximum atomic E-state index is 14.5. The molecule has 0 saturated carbocycles. The van der Waals surface area contributed by atoms with Crippen molar-refractivity contribution in [2.75, 3.05) is 18.0 Å². The van der Waals surface area contributed by atoms with Crippen molar-refractivity contribution in [3.05, 3.63) is 124 Å². The van der Waals surface area contributed by atoms with Crippen LogP contribution < -0.4 is 14.4 Å². The van der Waals surface area contributed by atoms with Crippen molar-refractivity contribution >= 4 is 50.7 Å². The van der Waals surface area contributed by atoms with Gasteiger partial charge < -0.3 is 15.0 Å². The number of halogens is 2. The van der Waals surface area contributed by atoms with Gasteiger partial charge >= 0.3 is 0 Å². The van der Waals surface area contributed by atoms with Crippen LogP contribution in [0.25, 0.3) is 0 Å². The normalized spacial score (nSPS) is 12.0. The average Bonchev–Trinajstić information content (AvgIpc) is 3.02. The smallest absolute Gasteiger partial charge is 0.264 e. The number of amides is 2. The van der Waals surface area contributed by atoms with E-state index in [9.17, 15) is 18.0 Å². The Bertz CT molecular complexity index is 1720. The Morgan fingerprint density at radius 3 is 2.11 bits per heavy atom. The zero-order chi connectivity index (χ0) is 32.6. The molecule has 4 aromatic rings. The van der Waals surface area contributed by atoms with E-state index < -0.39 is 28.5 Å². The lowest BCUT2D eigenvalue weighted by molar-refractivity contribution is -0.140. The lowest BCUT2D eigenvalue weighted by Crippen LogP contribution is -2.54.